The molecule has 0 spiro atoms. The van der Waals surface area contributed by atoms with Gasteiger partial charge in [-0.1, -0.05) is 6.07 Å². The maximum atomic E-state index is 11.8. The molecule has 2 rings (SSSR count). The SMILES string of the molecule is Cc1ccc(I)cc1C(=O)NC1CC1. The summed E-state index contributed by atoms with van der Waals surface area (Å²) in [5.74, 6) is 0.0727. The van der Waals surface area contributed by atoms with E-state index in [1.54, 1.807) is 0 Å². The third kappa shape index (κ3) is 2.26. The molecule has 0 saturated heterocycles. The summed E-state index contributed by atoms with van der Waals surface area (Å²) in [5.41, 5.74) is 1.85. The fourth-order valence-electron chi connectivity index (χ4n) is 1.33. The Morgan fingerprint density at radius 1 is 1.50 bits per heavy atom. The second kappa shape index (κ2) is 3.88. The molecule has 0 aromatic heterocycles. The molecule has 1 aliphatic rings. The predicted octanol–water partition coefficient (Wildman–Crippen LogP) is 2.49. The van der Waals surface area contributed by atoms with Crippen molar-refractivity contribution in [3.63, 3.8) is 0 Å². The summed E-state index contributed by atoms with van der Waals surface area (Å²) >= 11 is 2.22. The van der Waals surface area contributed by atoms with Gasteiger partial charge < -0.3 is 5.32 Å². The lowest BCUT2D eigenvalue weighted by molar-refractivity contribution is 0.0950. The zero-order chi connectivity index (χ0) is 10.1. The number of aryl methyl sites for hydroxylation is 1. The summed E-state index contributed by atoms with van der Waals surface area (Å²) in [5, 5.41) is 3.00. The Hall–Kier alpha value is -0.580. The minimum atomic E-state index is 0.0727. The Bertz CT molecular complexity index is 372. The number of amides is 1. The highest BCUT2D eigenvalue weighted by Gasteiger charge is 2.24. The first-order chi connectivity index (χ1) is 6.66. The van der Waals surface area contributed by atoms with Gasteiger partial charge in [0.15, 0.2) is 0 Å². The lowest BCUT2D eigenvalue weighted by Crippen LogP contribution is -2.26. The number of hydrogen-bond donors (Lipinski definition) is 1. The number of rotatable bonds is 2. The van der Waals surface area contributed by atoms with E-state index < -0.39 is 0 Å². The van der Waals surface area contributed by atoms with Gasteiger partial charge >= 0.3 is 0 Å². The van der Waals surface area contributed by atoms with E-state index >= 15 is 0 Å². The number of benzene rings is 1. The van der Waals surface area contributed by atoms with Gasteiger partial charge in [0, 0.05) is 15.2 Å². The van der Waals surface area contributed by atoms with E-state index in [9.17, 15) is 4.79 Å². The Morgan fingerprint density at radius 2 is 2.21 bits per heavy atom. The summed E-state index contributed by atoms with van der Waals surface area (Å²) < 4.78 is 1.11. The molecule has 1 aromatic carbocycles. The molecule has 0 radical (unpaired) electrons. The second-order valence-corrected chi connectivity index (χ2v) is 4.95. The third-order valence-corrected chi connectivity index (χ3v) is 3.03. The maximum absolute atomic E-state index is 11.8. The van der Waals surface area contributed by atoms with E-state index in [1.807, 2.05) is 25.1 Å². The van der Waals surface area contributed by atoms with Gasteiger partial charge in [-0.2, -0.15) is 0 Å². The molecule has 0 atom stereocenters. The van der Waals surface area contributed by atoms with Crippen molar-refractivity contribution < 1.29 is 4.79 Å². The molecule has 1 N–H and O–H groups in total. The van der Waals surface area contributed by atoms with Crippen molar-refractivity contribution in [2.45, 2.75) is 25.8 Å². The first-order valence-electron chi connectivity index (χ1n) is 4.74. The van der Waals surface area contributed by atoms with Gasteiger partial charge in [0.2, 0.25) is 0 Å². The van der Waals surface area contributed by atoms with E-state index in [0.29, 0.717) is 6.04 Å². The molecular weight excluding hydrogens is 289 g/mol. The molecule has 1 aliphatic carbocycles. The van der Waals surface area contributed by atoms with Gasteiger partial charge in [-0.25, -0.2) is 0 Å². The zero-order valence-electron chi connectivity index (χ0n) is 8.01. The minimum absolute atomic E-state index is 0.0727. The van der Waals surface area contributed by atoms with Gasteiger partial charge in [-0.05, 0) is 60.1 Å². The molecule has 14 heavy (non-hydrogen) atoms. The molecule has 74 valence electrons. The number of carbonyl (C=O) groups excluding carboxylic acids is 1. The van der Waals surface area contributed by atoms with Crippen molar-refractivity contribution in [3.8, 4) is 0 Å². The topological polar surface area (TPSA) is 29.1 Å². The van der Waals surface area contributed by atoms with Crippen LogP contribution < -0.4 is 5.32 Å². The standard InChI is InChI=1S/C11H12INO/c1-7-2-3-8(12)6-10(7)11(14)13-9-4-5-9/h2-3,6,9H,4-5H2,1H3,(H,13,14). The van der Waals surface area contributed by atoms with E-state index in [1.165, 1.54) is 0 Å². The largest absolute Gasteiger partial charge is 0.349 e. The molecule has 1 fully saturated rings. The van der Waals surface area contributed by atoms with Crippen LogP contribution in [0.2, 0.25) is 0 Å². The number of carbonyl (C=O) groups is 1. The van der Waals surface area contributed by atoms with E-state index in [4.69, 9.17) is 0 Å². The highest BCUT2D eigenvalue weighted by Crippen LogP contribution is 2.20. The molecule has 0 heterocycles. The van der Waals surface area contributed by atoms with Crippen LogP contribution >= 0.6 is 22.6 Å². The lowest BCUT2D eigenvalue weighted by Gasteiger charge is -2.06. The summed E-state index contributed by atoms with van der Waals surface area (Å²) in [6.45, 7) is 1.97. The monoisotopic (exact) mass is 301 g/mol. The minimum Gasteiger partial charge on any atom is -0.349 e. The van der Waals surface area contributed by atoms with Crippen LogP contribution in [0.15, 0.2) is 18.2 Å². The number of nitrogens with one attached hydrogen (secondary N) is 1. The second-order valence-electron chi connectivity index (χ2n) is 3.71. The van der Waals surface area contributed by atoms with E-state index in [-0.39, 0.29) is 5.91 Å². The Balaban J connectivity index is 2.20. The van der Waals surface area contributed by atoms with Crippen molar-refractivity contribution in [2.24, 2.45) is 0 Å². The molecule has 1 aromatic rings. The molecule has 0 aliphatic heterocycles. The molecule has 0 unspecified atom stereocenters. The fraction of sp³-hybridized carbons (Fsp3) is 0.364. The molecular formula is C11H12INO. The molecule has 3 heteroatoms. The Kier molecular flexibility index (Phi) is 2.76. The lowest BCUT2D eigenvalue weighted by atomic mass is 10.1. The van der Waals surface area contributed by atoms with Crippen molar-refractivity contribution in [3.05, 3.63) is 32.9 Å². The number of hydrogen-bond acceptors (Lipinski definition) is 1. The fourth-order valence-corrected chi connectivity index (χ4v) is 1.82. The van der Waals surface area contributed by atoms with E-state index in [2.05, 4.69) is 27.9 Å². The summed E-state index contributed by atoms with van der Waals surface area (Å²) in [4.78, 5) is 11.8. The smallest absolute Gasteiger partial charge is 0.251 e. The van der Waals surface area contributed by atoms with Crippen molar-refractivity contribution >= 4 is 28.5 Å². The van der Waals surface area contributed by atoms with E-state index in [0.717, 1.165) is 27.5 Å². The molecule has 2 nitrogen and oxygen atoms in total. The normalized spacial score (nSPS) is 15.3. The summed E-state index contributed by atoms with van der Waals surface area (Å²) in [6.07, 6.45) is 2.27. The van der Waals surface area contributed by atoms with Gasteiger partial charge in [0.25, 0.3) is 5.91 Å². The van der Waals surface area contributed by atoms with Crippen LogP contribution in [0.4, 0.5) is 0 Å². The van der Waals surface area contributed by atoms with Crippen LogP contribution in [-0.2, 0) is 0 Å². The van der Waals surface area contributed by atoms with Crippen LogP contribution in [0.3, 0.4) is 0 Å². The number of halogens is 1. The van der Waals surface area contributed by atoms with Crippen molar-refractivity contribution in [2.75, 3.05) is 0 Å². The molecule has 1 saturated carbocycles. The predicted molar refractivity (Wildman–Crippen MR) is 64.4 cm³/mol. The van der Waals surface area contributed by atoms with Crippen LogP contribution in [0, 0.1) is 10.5 Å². The Labute approximate surface area is 97.2 Å². The average molecular weight is 301 g/mol. The van der Waals surface area contributed by atoms with Crippen LogP contribution in [0.5, 0.6) is 0 Å². The summed E-state index contributed by atoms with van der Waals surface area (Å²) in [6, 6.07) is 6.38. The van der Waals surface area contributed by atoms with Gasteiger partial charge in [-0.15, -0.1) is 0 Å². The molecule has 0 bridgehead atoms. The van der Waals surface area contributed by atoms with Crippen molar-refractivity contribution in [1.82, 2.24) is 5.32 Å². The Morgan fingerprint density at radius 3 is 2.86 bits per heavy atom. The zero-order valence-corrected chi connectivity index (χ0v) is 10.2. The van der Waals surface area contributed by atoms with Gasteiger partial charge in [-0.3, -0.25) is 4.79 Å². The molecule has 1 amide bonds. The van der Waals surface area contributed by atoms with Crippen LogP contribution in [0.1, 0.15) is 28.8 Å². The summed E-state index contributed by atoms with van der Waals surface area (Å²) in [7, 11) is 0. The third-order valence-electron chi connectivity index (χ3n) is 2.36. The average Bonchev–Trinajstić information content (AvgIpc) is 2.93. The van der Waals surface area contributed by atoms with Crippen LogP contribution in [-0.4, -0.2) is 11.9 Å². The maximum Gasteiger partial charge on any atom is 0.251 e. The van der Waals surface area contributed by atoms with Crippen LogP contribution in [0.25, 0.3) is 0 Å². The first-order valence-corrected chi connectivity index (χ1v) is 5.82. The van der Waals surface area contributed by atoms with Crippen molar-refractivity contribution in [1.29, 1.82) is 0 Å². The first kappa shape index (κ1) is 9.96. The van der Waals surface area contributed by atoms with Gasteiger partial charge in [0.05, 0.1) is 0 Å². The highest BCUT2D eigenvalue weighted by atomic mass is 127. The quantitative estimate of drug-likeness (QED) is 0.836. The highest BCUT2D eigenvalue weighted by molar-refractivity contribution is 14.1. The van der Waals surface area contributed by atoms with Gasteiger partial charge in [0.1, 0.15) is 0 Å².